The number of carbonyl (C=O) groups excluding carboxylic acids is 2. The number of aromatic amines is 1. The molecule has 0 fully saturated rings. The summed E-state index contributed by atoms with van der Waals surface area (Å²) in [7, 11) is 2.55. The summed E-state index contributed by atoms with van der Waals surface area (Å²) >= 11 is 0. The number of benzene rings is 3. The second-order valence-corrected chi connectivity index (χ2v) is 7.59. The van der Waals surface area contributed by atoms with Gasteiger partial charge >= 0.3 is 6.09 Å². The molecule has 1 unspecified atom stereocenters. The molecule has 11 heteroatoms. The molecular weight excluding hydrogens is 479 g/mol. The molecule has 1 aromatic heterocycles. The van der Waals surface area contributed by atoms with E-state index < -0.39 is 23.5 Å². The van der Waals surface area contributed by atoms with Crippen molar-refractivity contribution in [2.75, 3.05) is 24.4 Å². The lowest BCUT2D eigenvalue weighted by molar-refractivity contribution is 0.0698. The monoisotopic (exact) mass is 498 g/mol. The number of nitrogens with zero attached hydrogens (tertiary/aromatic N) is 2. The molecule has 0 radical (unpaired) electrons. The number of anilines is 2. The normalized spacial score (nSPS) is 16.6. The maximum absolute atomic E-state index is 15.3. The van der Waals surface area contributed by atoms with Crippen molar-refractivity contribution in [1.29, 1.82) is 0 Å². The highest BCUT2D eigenvalue weighted by Crippen LogP contribution is 2.46. The van der Waals surface area contributed by atoms with Gasteiger partial charge < -0.3 is 19.6 Å². The number of H-pyrrole nitrogens is 1. The quantitative estimate of drug-likeness (QED) is 0.389. The number of nitrogens with one attached hydrogen (secondary N) is 2. The van der Waals surface area contributed by atoms with E-state index in [0.717, 1.165) is 4.90 Å². The van der Waals surface area contributed by atoms with Gasteiger partial charge in [-0.05, 0) is 30.3 Å². The topological polar surface area (TPSA) is 117 Å². The highest BCUT2D eigenvalue weighted by Gasteiger charge is 2.51. The Balaban J connectivity index is 0.00000289. The number of rotatable bonds is 4. The van der Waals surface area contributed by atoms with Gasteiger partial charge in [0.15, 0.2) is 17.3 Å². The average Bonchev–Trinajstić information content (AvgIpc) is 3.35. The van der Waals surface area contributed by atoms with E-state index in [-0.39, 0.29) is 40.9 Å². The van der Waals surface area contributed by atoms with Crippen LogP contribution in [0.15, 0.2) is 60.7 Å². The van der Waals surface area contributed by atoms with Crippen LogP contribution in [-0.4, -0.2) is 41.3 Å². The van der Waals surface area contributed by atoms with Crippen molar-refractivity contribution in [1.82, 2.24) is 9.97 Å². The number of amides is 2. The average molecular weight is 499 g/mol. The molecule has 0 saturated carbocycles. The molecule has 1 atom stereocenters. The smallest absolute Gasteiger partial charge is 0.413 e. The summed E-state index contributed by atoms with van der Waals surface area (Å²) < 4.78 is 24.9. The lowest BCUT2D eigenvalue weighted by Crippen LogP contribution is -2.45. The summed E-state index contributed by atoms with van der Waals surface area (Å²) in [5, 5.41) is 14.5. The summed E-state index contributed by atoms with van der Waals surface area (Å²) in [6.45, 7) is 0. The van der Waals surface area contributed by atoms with E-state index in [2.05, 4.69) is 20.0 Å². The van der Waals surface area contributed by atoms with Crippen molar-refractivity contribution in [3.63, 3.8) is 0 Å². The predicted molar refractivity (Wildman–Crippen MR) is 129 cm³/mol. The van der Waals surface area contributed by atoms with E-state index in [1.165, 1.54) is 32.4 Å². The molecule has 3 aromatic carbocycles. The summed E-state index contributed by atoms with van der Waals surface area (Å²) in [6.07, 6.45) is -0.701. The zero-order chi connectivity index (χ0) is 24.0. The van der Waals surface area contributed by atoms with Gasteiger partial charge in [-0.3, -0.25) is 15.0 Å². The maximum atomic E-state index is 15.3. The van der Waals surface area contributed by atoms with Crippen LogP contribution < -0.4 is 15.0 Å². The van der Waals surface area contributed by atoms with Crippen molar-refractivity contribution >= 4 is 47.1 Å². The van der Waals surface area contributed by atoms with Gasteiger partial charge in [-0.2, -0.15) is 0 Å². The fourth-order valence-corrected chi connectivity index (χ4v) is 4.19. The number of hydrogen-bond acceptors (Lipinski definition) is 6. The summed E-state index contributed by atoms with van der Waals surface area (Å²) in [6, 6.07) is 15.7. The minimum atomic E-state index is -2.03. The van der Waals surface area contributed by atoms with Crippen LogP contribution in [0.25, 0.3) is 11.0 Å². The number of ether oxygens (including phenoxy) is 2. The Bertz CT molecular complexity index is 1460. The van der Waals surface area contributed by atoms with Gasteiger partial charge in [0, 0.05) is 16.7 Å². The molecule has 2 heterocycles. The van der Waals surface area contributed by atoms with Crippen LogP contribution in [0, 0.1) is 5.82 Å². The Hall–Kier alpha value is -4.15. The molecule has 35 heavy (non-hydrogen) atoms. The fourth-order valence-electron chi connectivity index (χ4n) is 4.19. The molecule has 2 amide bonds. The fraction of sp³-hybridized carbons (Fsp3) is 0.125. The van der Waals surface area contributed by atoms with Crippen LogP contribution >= 0.6 is 12.4 Å². The number of methoxy groups -OCH3 is 2. The van der Waals surface area contributed by atoms with Gasteiger partial charge in [0.2, 0.25) is 5.95 Å². The van der Waals surface area contributed by atoms with Crippen LogP contribution in [-0.2, 0) is 10.5 Å². The molecule has 4 aromatic rings. The Labute approximate surface area is 204 Å². The molecule has 1 aliphatic heterocycles. The van der Waals surface area contributed by atoms with Crippen LogP contribution in [0.4, 0.5) is 20.8 Å². The Morgan fingerprint density at radius 3 is 2.66 bits per heavy atom. The number of halogens is 2. The van der Waals surface area contributed by atoms with Gasteiger partial charge in [-0.1, -0.05) is 30.3 Å². The van der Waals surface area contributed by atoms with Gasteiger partial charge in [0.1, 0.15) is 0 Å². The molecule has 9 nitrogen and oxygen atoms in total. The second-order valence-electron chi connectivity index (χ2n) is 7.59. The van der Waals surface area contributed by atoms with Crippen molar-refractivity contribution in [2.45, 2.75) is 5.72 Å². The van der Waals surface area contributed by atoms with E-state index >= 15 is 4.39 Å². The van der Waals surface area contributed by atoms with Gasteiger partial charge in [-0.25, -0.2) is 14.2 Å². The van der Waals surface area contributed by atoms with Crippen molar-refractivity contribution in [3.05, 3.63) is 83.2 Å². The van der Waals surface area contributed by atoms with Crippen LogP contribution in [0.5, 0.6) is 5.75 Å². The first-order valence-electron chi connectivity index (χ1n) is 10.2. The summed E-state index contributed by atoms with van der Waals surface area (Å²) in [4.78, 5) is 33.2. The third-order valence-corrected chi connectivity index (χ3v) is 5.75. The number of imidazole rings is 1. The van der Waals surface area contributed by atoms with Crippen molar-refractivity contribution in [3.8, 4) is 5.75 Å². The Kier molecular flexibility index (Phi) is 6.10. The SMILES string of the molecule is COC(=O)Nc1nc2ccc(C3(O)c4ccccc4C(=O)N3c3cccc(OC)c3F)cc2[nH]1.Cl. The van der Waals surface area contributed by atoms with Crippen molar-refractivity contribution < 1.29 is 28.6 Å². The molecule has 3 N–H and O–H groups in total. The van der Waals surface area contributed by atoms with E-state index in [1.807, 2.05) is 0 Å². The first-order chi connectivity index (χ1) is 16.4. The number of fused-ring (bicyclic) bond motifs is 2. The summed E-state index contributed by atoms with van der Waals surface area (Å²) in [5.41, 5.74) is -0.375. The van der Waals surface area contributed by atoms with Crippen molar-refractivity contribution in [2.24, 2.45) is 0 Å². The van der Waals surface area contributed by atoms with Crippen LogP contribution in [0.3, 0.4) is 0 Å². The Morgan fingerprint density at radius 2 is 1.91 bits per heavy atom. The van der Waals surface area contributed by atoms with E-state index in [9.17, 15) is 14.7 Å². The number of aliphatic hydroxyl groups is 1. The predicted octanol–water partition coefficient (Wildman–Crippen LogP) is 4.16. The molecule has 0 bridgehead atoms. The van der Waals surface area contributed by atoms with Gasteiger partial charge in [-0.15, -0.1) is 12.4 Å². The maximum Gasteiger partial charge on any atom is 0.413 e. The van der Waals surface area contributed by atoms with E-state index in [4.69, 9.17) is 4.74 Å². The van der Waals surface area contributed by atoms with Crippen LogP contribution in [0.2, 0.25) is 0 Å². The lowest BCUT2D eigenvalue weighted by atomic mass is 9.93. The lowest BCUT2D eigenvalue weighted by Gasteiger charge is -2.35. The van der Waals surface area contributed by atoms with E-state index in [0.29, 0.717) is 16.6 Å². The minimum absolute atomic E-state index is 0. The zero-order valence-electron chi connectivity index (χ0n) is 18.5. The van der Waals surface area contributed by atoms with Gasteiger partial charge in [0.25, 0.3) is 5.91 Å². The highest BCUT2D eigenvalue weighted by molar-refractivity contribution is 6.12. The minimum Gasteiger partial charge on any atom is -0.494 e. The molecule has 5 rings (SSSR count). The number of hydrogen-bond donors (Lipinski definition) is 3. The molecule has 0 aliphatic carbocycles. The van der Waals surface area contributed by atoms with E-state index in [1.54, 1.807) is 42.5 Å². The number of aromatic nitrogens is 2. The molecule has 0 saturated heterocycles. The summed E-state index contributed by atoms with van der Waals surface area (Å²) in [5.74, 6) is -1.27. The second kappa shape index (κ2) is 8.90. The molecule has 0 spiro atoms. The highest BCUT2D eigenvalue weighted by atomic mass is 35.5. The molecule has 1 aliphatic rings. The Morgan fingerprint density at radius 1 is 1.14 bits per heavy atom. The zero-order valence-corrected chi connectivity index (χ0v) is 19.4. The third-order valence-electron chi connectivity index (χ3n) is 5.75. The number of carbonyl (C=O) groups is 2. The standard InChI is InChI=1S/C24H19FN4O5.ClH/c1-33-19-9-5-8-18(20(19)25)29-21(30)14-6-3-4-7-15(14)24(29,32)13-10-11-16-17(12-13)27-22(26-16)28-23(31)34-2;/h3-12,32H,1-2H3,(H2,26,27,28,31);1H. The third kappa shape index (κ3) is 3.63. The molecule has 180 valence electrons. The largest absolute Gasteiger partial charge is 0.494 e. The molecular formula is C24H20ClFN4O5. The first kappa shape index (κ1) is 24.0. The van der Waals surface area contributed by atoms with Gasteiger partial charge in [0.05, 0.1) is 30.9 Å². The first-order valence-corrected chi connectivity index (χ1v) is 10.2. The van der Waals surface area contributed by atoms with Crippen LogP contribution in [0.1, 0.15) is 21.5 Å².